The summed E-state index contributed by atoms with van der Waals surface area (Å²) in [6.07, 6.45) is 2.89. The van der Waals surface area contributed by atoms with Gasteiger partial charge in [0.05, 0.1) is 0 Å². The van der Waals surface area contributed by atoms with E-state index in [-0.39, 0.29) is 11.5 Å². The SMILES string of the molecule is Cc1nc(N2CCCC(C=O)C2)cc(=O)[nH]1. The molecule has 1 fully saturated rings. The molecule has 1 aliphatic heterocycles. The van der Waals surface area contributed by atoms with Gasteiger partial charge in [-0.15, -0.1) is 0 Å². The highest BCUT2D eigenvalue weighted by atomic mass is 16.1. The largest absolute Gasteiger partial charge is 0.356 e. The highest BCUT2D eigenvalue weighted by Crippen LogP contribution is 2.19. The minimum absolute atomic E-state index is 0.0649. The number of aromatic amines is 1. The minimum Gasteiger partial charge on any atom is -0.356 e. The normalized spacial score (nSPS) is 20.8. The van der Waals surface area contributed by atoms with Crippen LogP contribution in [0.3, 0.4) is 0 Å². The van der Waals surface area contributed by atoms with Crippen molar-refractivity contribution >= 4 is 12.1 Å². The number of aldehydes is 1. The van der Waals surface area contributed by atoms with E-state index in [0.717, 1.165) is 25.7 Å². The molecule has 0 spiro atoms. The number of nitrogens with one attached hydrogen (secondary N) is 1. The van der Waals surface area contributed by atoms with Crippen molar-refractivity contribution in [3.05, 3.63) is 22.2 Å². The Balaban J connectivity index is 2.22. The van der Waals surface area contributed by atoms with Crippen LogP contribution in [0.1, 0.15) is 18.7 Å². The highest BCUT2D eigenvalue weighted by Gasteiger charge is 2.20. The van der Waals surface area contributed by atoms with Crippen LogP contribution >= 0.6 is 0 Å². The van der Waals surface area contributed by atoms with Crippen LogP contribution in [-0.2, 0) is 4.79 Å². The third-order valence-corrected chi connectivity index (χ3v) is 2.82. The van der Waals surface area contributed by atoms with Gasteiger partial charge in [-0.1, -0.05) is 0 Å². The maximum absolute atomic E-state index is 11.3. The molecule has 0 bridgehead atoms. The molecular formula is C11H15N3O2. The van der Waals surface area contributed by atoms with Gasteiger partial charge in [-0.3, -0.25) is 4.79 Å². The van der Waals surface area contributed by atoms with Crippen molar-refractivity contribution in [2.24, 2.45) is 5.92 Å². The topological polar surface area (TPSA) is 66.1 Å². The molecule has 1 N–H and O–H groups in total. The van der Waals surface area contributed by atoms with Gasteiger partial charge in [0.15, 0.2) is 0 Å². The summed E-state index contributed by atoms with van der Waals surface area (Å²) in [5.41, 5.74) is -0.143. The van der Waals surface area contributed by atoms with E-state index in [9.17, 15) is 9.59 Å². The average molecular weight is 221 g/mol. The number of carbonyl (C=O) groups excluding carboxylic acids is 1. The quantitative estimate of drug-likeness (QED) is 0.738. The second kappa shape index (κ2) is 4.47. The van der Waals surface area contributed by atoms with Gasteiger partial charge in [0.25, 0.3) is 5.56 Å². The van der Waals surface area contributed by atoms with Crippen LogP contribution in [0.25, 0.3) is 0 Å². The smallest absolute Gasteiger partial charge is 0.252 e. The molecule has 0 aliphatic carbocycles. The Kier molecular flexibility index (Phi) is 3.03. The van der Waals surface area contributed by atoms with Crippen molar-refractivity contribution in [1.82, 2.24) is 9.97 Å². The Morgan fingerprint density at radius 2 is 2.44 bits per heavy atom. The van der Waals surface area contributed by atoms with E-state index in [2.05, 4.69) is 9.97 Å². The molecule has 2 rings (SSSR count). The molecule has 0 saturated carbocycles. The van der Waals surface area contributed by atoms with Gasteiger partial charge in [0, 0.05) is 25.1 Å². The van der Waals surface area contributed by atoms with Crippen LogP contribution < -0.4 is 10.5 Å². The molecule has 86 valence electrons. The Bertz CT molecular complexity index is 441. The molecule has 1 saturated heterocycles. The lowest BCUT2D eigenvalue weighted by Crippen LogP contribution is -2.37. The lowest BCUT2D eigenvalue weighted by Gasteiger charge is -2.30. The highest BCUT2D eigenvalue weighted by molar-refractivity contribution is 5.56. The molecule has 1 unspecified atom stereocenters. The molecule has 1 aliphatic rings. The second-order valence-corrected chi connectivity index (χ2v) is 4.17. The summed E-state index contributed by atoms with van der Waals surface area (Å²) in [5, 5.41) is 0. The van der Waals surface area contributed by atoms with Gasteiger partial charge in [-0.2, -0.15) is 0 Å². The number of aromatic nitrogens is 2. The van der Waals surface area contributed by atoms with Gasteiger partial charge < -0.3 is 14.7 Å². The van der Waals surface area contributed by atoms with Crippen molar-refractivity contribution in [2.45, 2.75) is 19.8 Å². The number of hydrogen-bond acceptors (Lipinski definition) is 4. The molecule has 16 heavy (non-hydrogen) atoms. The van der Waals surface area contributed by atoms with E-state index in [0.29, 0.717) is 18.2 Å². The van der Waals surface area contributed by atoms with E-state index in [1.165, 1.54) is 6.07 Å². The molecule has 1 atom stereocenters. The summed E-state index contributed by atoms with van der Waals surface area (Å²) in [6, 6.07) is 1.49. The fourth-order valence-corrected chi connectivity index (χ4v) is 2.05. The Morgan fingerprint density at radius 1 is 1.62 bits per heavy atom. The first-order valence-corrected chi connectivity index (χ1v) is 5.47. The first kappa shape index (κ1) is 10.9. The van der Waals surface area contributed by atoms with Crippen molar-refractivity contribution in [3.8, 4) is 0 Å². The molecular weight excluding hydrogens is 206 g/mol. The zero-order valence-corrected chi connectivity index (χ0v) is 9.27. The number of hydrogen-bond donors (Lipinski definition) is 1. The van der Waals surface area contributed by atoms with Crippen LogP contribution in [0.2, 0.25) is 0 Å². The monoisotopic (exact) mass is 221 g/mol. The van der Waals surface area contributed by atoms with Crippen molar-refractivity contribution in [1.29, 1.82) is 0 Å². The Labute approximate surface area is 93.5 Å². The first-order chi connectivity index (χ1) is 7.69. The molecule has 1 aromatic rings. The van der Waals surface area contributed by atoms with Crippen LogP contribution in [-0.4, -0.2) is 29.3 Å². The van der Waals surface area contributed by atoms with Gasteiger partial charge in [0.2, 0.25) is 0 Å². The van der Waals surface area contributed by atoms with Crippen LogP contribution in [0.5, 0.6) is 0 Å². The number of aryl methyl sites for hydroxylation is 1. The van der Waals surface area contributed by atoms with E-state index < -0.39 is 0 Å². The minimum atomic E-state index is -0.143. The molecule has 5 heteroatoms. The summed E-state index contributed by atoms with van der Waals surface area (Å²) in [6.45, 7) is 3.28. The van der Waals surface area contributed by atoms with E-state index >= 15 is 0 Å². The summed E-state index contributed by atoms with van der Waals surface area (Å²) < 4.78 is 0. The summed E-state index contributed by atoms with van der Waals surface area (Å²) in [5.74, 6) is 1.35. The first-order valence-electron chi connectivity index (χ1n) is 5.47. The maximum Gasteiger partial charge on any atom is 0.252 e. The van der Waals surface area contributed by atoms with Crippen molar-refractivity contribution in [3.63, 3.8) is 0 Å². The number of nitrogens with zero attached hydrogens (tertiary/aromatic N) is 2. The average Bonchev–Trinajstić information content (AvgIpc) is 2.28. The number of carbonyl (C=O) groups is 1. The summed E-state index contributed by atoms with van der Waals surface area (Å²) in [7, 11) is 0. The van der Waals surface area contributed by atoms with Gasteiger partial charge in [-0.25, -0.2) is 4.98 Å². The standard InChI is InChI=1S/C11H15N3O2/c1-8-12-10(5-11(16)13-8)14-4-2-3-9(6-14)7-15/h5,7,9H,2-4,6H2,1H3,(H,12,13,16). The van der Waals surface area contributed by atoms with Gasteiger partial charge in [0.1, 0.15) is 17.9 Å². The fraction of sp³-hybridized carbons (Fsp3) is 0.545. The lowest BCUT2D eigenvalue weighted by molar-refractivity contribution is -0.111. The number of rotatable bonds is 2. The van der Waals surface area contributed by atoms with Crippen molar-refractivity contribution in [2.75, 3.05) is 18.0 Å². The van der Waals surface area contributed by atoms with Crippen molar-refractivity contribution < 1.29 is 4.79 Å². The van der Waals surface area contributed by atoms with Crippen LogP contribution in [0.4, 0.5) is 5.82 Å². The zero-order valence-electron chi connectivity index (χ0n) is 9.27. The number of H-pyrrole nitrogens is 1. The predicted molar refractivity (Wildman–Crippen MR) is 60.6 cm³/mol. The zero-order chi connectivity index (χ0) is 11.5. The summed E-state index contributed by atoms with van der Waals surface area (Å²) in [4.78, 5) is 31.0. The lowest BCUT2D eigenvalue weighted by atomic mass is 10.00. The fourth-order valence-electron chi connectivity index (χ4n) is 2.05. The third kappa shape index (κ3) is 2.29. The summed E-state index contributed by atoms with van der Waals surface area (Å²) >= 11 is 0. The Morgan fingerprint density at radius 3 is 3.12 bits per heavy atom. The number of anilines is 1. The van der Waals surface area contributed by atoms with Crippen LogP contribution in [0, 0.1) is 12.8 Å². The third-order valence-electron chi connectivity index (χ3n) is 2.82. The van der Waals surface area contributed by atoms with E-state index in [4.69, 9.17) is 0 Å². The second-order valence-electron chi connectivity index (χ2n) is 4.17. The molecule has 2 heterocycles. The molecule has 0 amide bonds. The van der Waals surface area contributed by atoms with E-state index in [1.807, 2.05) is 4.90 Å². The Hall–Kier alpha value is -1.65. The van der Waals surface area contributed by atoms with Gasteiger partial charge in [-0.05, 0) is 19.8 Å². The molecule has 1 aromatic heterocycles. The maximum atomic E-state index is 11.3. The molecule has 5 nitrogen and oxygen atoms in total. The van der Waals surface area contributed by atoms with E-state index in [1.54, 1.807) is 6.92 Å². The van der Waals surface area contributed by atoms with Gasteiger partial charge >= 0.3 is 0 Å². The van der Waals surface area contributed by atoms with Crippen LogP contribution in [0.15, 0.2) is 10.9 Å². The molecule has 0 radical (unpaired) electrons. The predicted octanol–water partition coefficient (Wildman–Crippen LogP) is 0.494. The number of piperidine rings is 1. The molecule has 0 aromatic carbocycles.